The summed E-state index contributed by atoms with van der Waals surface area (Å²) in [5, 5.41) is 3.61. The molecule has 30 heavy (non-hydrogen) atoms. The minimum absolute atomic E-state index is 0.0494. The normalized spacial score (nSPS) is 11.3. The average molecular weight is 426 g/mol. The van der Waals surface area contributed by atoms with E-state index in [-0.39, 0.29) is 5.91 Å². The van der Waals surface area contributed by atoms with Crippen LogP contribution < -0.4 is 10.1 Å². The second kappa shape index (κ2) is 11.4. The van der Waals surface area contributed by atoms with Gasteiger partial charge in [0.2, 0.25) is 5.91 Å². The Balaban J connectivity index is 1.52. The number of ether oxygens (including phenoxy) is 1. The topological polar surface area (TPSA) is 56.2 Å². The molecule has 0 saturated heterocycles. The first-order chi connectivity index (χ1) is 14.7. The van der Waals surface area contributed by atoms with Gasteiger partial charge < -0.3 is 14.6 Å². The molecule has 0 saturated carbocycles. The molecule has 0 aliphatic rings. The zero-order valence-electron chi connectivity index (χ0n) is 17.3. The monoisotopic (exact) mass is 425 g/mol. The highest BCUT2D eigenvalue weighted by Gasteiger charge is 2.10. The smallest absolute Gasteiger partial charge is 0.243 e. The minimum Gasteiger partial charge on any atom is -0.494 e. The summed E-state index contributed by atoms with van der Waals surface area (Å²) < 4.78 is 8.09. The number of rotatable bonds is 11. The van der Waals surface area contributed by atoms with Crippen molar-refractivity contribution in [2.75, 3.05) is 13.2 Å². The van der Waals surface area contributed by atoms with E-state index in [1.807, 2.05) is 49.4 Å². The van der Waals surface area contributed by atoms with E-state index in [9.17, 15) is 4.79 Å². The number of amides is 1. The number of aryl methyl sites for hydroxylation is 2. The molecule has 0 aliphatic carbocycles. The van der Waals surface area contributed by atoms with Crippen molar-refractivity contribution in [1.82, 2.24) is 14.9 Å². The first kappa shape index (κ1) is 21.9. The molecule has 0 aliphatic heterocycles. The van der Waals surface area contributed by atoms with Crippen LogP contribution in [-0.4, -0.2) is 28.6 Å². The first-order valence-electron chi connectivity index (χ1n) is 10.4. The second-order valence-electron chi connectivity index (χ2n) is 7.07. The van der Waals surface area contributed by atoms with Crippen molar-refractivity contribution in [3.8, 4) is 5.75 Å². The fraction of sp³-hybridized carbons (Fsp3) is 0.333. The van der Waals surface area contributed by atoms with Crippen LogP contribution in [0.4, 0.5) is 0 Å². The number of hydrogen-bond donors (Lipinski definition) is 1. The number of nitrogens with one attached hydrogen (secondary N) is 1. The molecule has 0 atom stereocenters. The van der Waals surface area contributed by atoms with Gasteiger partial charge in [0.25, 0.3) is 0 Å². The number of hydrogen-bond acceptors (Lipinski definition) is 3. The number of allylic oxidation sites excluding steroid dienone is 1. The van der Waals surface area contributed by atoms with E-state index in [1.54, 1.807) is 12.2 Å². The van der Waals surface area contributed by atoms with Crippen LogP contribution in [0.5, 0.6) is 5.75 Å². The molecule has 3 aromatic rings. The SMILES string of the molecule is C/C=C\C(=O)NCCCc1nc2ccccc2n1CCCCOc1ccc(Cl)cc1. The Morgan fingerprint density at radius 2 is 1.93 bits per heavy atom. The predicted molar refractivity (Wildman–Crippen MR) is 122 cm³/mol. The molecule has 0 radical (unpaired) electrons. The standard InChI is InChI=1S/C24H28ClN3O2/c1-2-8-24(29)26-16-7-11-23-27-21-9-3-4-10-22(21)28(23)17-5-6-18-30-20-14-12-19(25)13-15-20/h2-4,8-10,12-15H,5-7,11,16-18H2,1H3,(H,26,29)/b8-2-. The second-order valence-corrected chi connectivity index (χ2v) is 7.51. The molecule has 2 aromatic carbocycles. The number of nitrogens with zero attached hydrogens (tertiary/aromatic N) is 2. The Kier molecular flexibility index (Phi) is 8.33. The summed E-state index contributed by atoms with van der Waals surface area (Å²) in [5.74, 6) is 1.86. The van der Waals surface area contributed by atoms with E-state index >= 15 is 0 Å². The van der Waals surface area contributed by atoms with Crippen molar-refractivity contribution < 1.29 is 9.53 Å². The average Bonchev–Trinajstić information content (AvgIpc) is 3.10. The lowest BCUT2D eigenvalue weighted by Gasteiger charge is -2.10. The number of carbonyl (C=O) groups excluding carboxylic acids is 1. The third kappa shape index (κ3) is 6.36. The maximum absolute atomic E-state index is 11.5. The van der Waals surface area contributed by atoms with Gasteiger partial charge in [-0.25, -0.2) is 4.98 Å². The summed E-state index contributed by atoms with van der Waals surface area (Å²) in [4.78, 5) is 16.4. The molecule has 1 heterocycles. The number of aromatic nitrogens is 2. The number of benzene rings is 2. The number of para-hydroxylation sites is 2. The van der Waals surface area contributed by atoms with Gasteiger partial charge in [-0.15, -0.1) is 0 Å². The number of imidazole rings is 1. The fourth-order valence-corrected chi connectivity index (χ4v) is 3.45. The maximum Gasteiger partial charge on any atom is 0.243 e. The van der Waals surface area contributed by atoms with E-state index in [0.717, 1.165) is 54.8 Å². The quantitative estimate of drug-likeness (QED) is 0.340. The molecule has 1 amide bonds. The number of halogens is 1. The molecule has 6 heteroatoms. The maximum atomic E-state index is 11.5. The first-order valence-corrected chi connectivity index (χ1v) is 10.8. The largest absolute Gasteiger partial charge is 0.494 e. The van der Waals surface area contributed by atoms with Gasteiger partial charge in [0.05, 0.1) is 17.6 Å². The molecule has 1 N–H and O–H groups in total. The highest BCUT2D eigenvalue weighted by Crippen LogP contribution is 2.19. The van der Waals surface area contributed by atoms with Gasteiger partial charge in [0.1, 0.15) is 11.6 Å². The van der Waals surface area contributed by atoms with Gasteiger partial charge in [0.15, 0.2) is 0 Å². The molecule has 0 fully saturated rings. The minimum atomic E-state index is -0.0494. The lowest BCUT2D eigenvalue weighted by atomic mass is 10.2. The number of carbonyl (C=O) groups is 1. The Labute approximate surface area is 182 Å². The van der Waals surface area contributed by atoms with Crippen LogP contribution >= 0.6 is 11.6 Å². The van der Waals surface area contributed by atoms with Crippen LogP contribution in [0.3, 0.4) is 0 Å². The summed E-state index contributed by atoms with van der Waals surface area (Å²) >= 11 is 5.90. The summed E-state index contributed by atoms with van der Waals surface area (Å²) in [6, 6.07) is 15.7. The van der Waals surface area contributed by atoms with Crippen molar-refractivity contribution >= 4 is 28.5 Å². The van der Waals surface area contributed by atoms with Gasteiger partial charge in [-0.1, -0.05) is 29.8 Å². The highest BCUT2D eigenvalue weighted by molar-refractivity contribution is 6.30. The van der Waals surface area contributed by atoms with E-state index in [2.05, 4.69) is 16.0 Å². The van der Waals surface area contributed by atoms with Crippen LogP contribution in [0.2, 0.25) is 5.02 Å². The van der Waals surface area contributed by atoms with E-state index in [1.165, 1.54) is 0 Å². The number of fused-ring (bicyclic) bond motifs is 1. The van der Waals surface area contributed by atoms with Crippen LogP contribution in [0.1, 0.15) is 32.0 Å². The van der Waals surface area contributed by atoms with Crippen LogP contribution in [0, 0.1) is 0 Å². The lowest BCUT2D eigenvalue weighted by Crippen LogP contribution is -2.22. The molecule has 3 rings (SSSR count). The molecule has 158 valence electrons. The molecular formula is C24H28ClN3O2. The van der Waals surface area contributed by atoms with Crippen molar-refractivity contribution in [3.63, 3.8) is 0 Å². The third-order valence-corrected chi connectivity index (χ3v) is 5.04. The van der Waals surface area contributed by atoms with E-state index in [0.29, 0.717) is 18.2 Å². The summed E-state index contributed by atoms with van der Waals surface area (Å²) in [7, 11) is 0. The molecular weight excluding hydrogens is 398 g/mol. The predicted octanol–water partition coefficient (Wildman–Crippen LogP) is 5.17. The van der Waals surface area contributed by atoms with Crippen molar-refractivity contribution in [2.24, 2.45) is 0 Å². The van der Waals surface area contributed by atoms with Gasteiger partial charge in [-0.05, 0) is 68.7 Å². The van der Waals surface area contributed by atoms with E-state index in [4.69, 9.17) is 21.3 Å². The lowest BCUT2D eigenvalue weighted by molar-refractivity contribution is -0.116. The van der Waals surface area contributed by atoms with Gasteiger partial charge in [-0.2, -0.15) is 0 Å². The van der Waals surface area contributed by atoms with Crippen LogP contribution in [0.25, 0.3) is 11.0 Å². The van der Waals surface area contributed by atoms with Gasteiger partial charge >= 0.3 is 0 Å². The molecule has 0 unspecified atom stereocenters. The molecule has 1 aromatic heterocycles. The van der Waals surface area contributed by atoms with Crippen molar-refractivity contribution in [3.05, 3.63) is 71.5 Å². The zero-order valence-corrected chi connectivity index (χ0v) is 18.1. The third-order valence-electron chi connectivity index (χ3n) is 4.79. The highest BCUT2D eigenvalue weighted by atomic mass is 35.5. The van der Waals surface area contributed by atoms with Crippen LogP contribution in [-0.2, 0) is 17.8 Å². The Morgan fingerprint density at radius 3 is 2.73 bits per heavy atom. The molecule has 5 nitrogen and oxygen atoms in total. The van der Waals surface area contributed by atoms with Gasteiger partial charge in [-0.3, -0.25) is 4.79 Å². The van der Waals surface area contributed by atoms with Crippen molar-refractivity contribution in [2.45, 2.75) is 39.2 Å². The number of unbranched alkanes of at least 4 members (excludes halogenated alkanes) is 1. The Bertz CT molecular complexity index is 980. The van der Waals surface area contributed by atoms with Gasteiger partial charge in [0, 0.05) is 24.5 Å². The fourth-order valence-electron chi connectivity index (χ4n) is 3.33. The molecule has 0 bridgehead atoms. The summed E-state index contributed by atoms with van der Waals surface area (Å²) in [5.41, 5.74) is 2.17. The van der Waals surface area contributed by atoms with Crippen LogP contribution in [0.15, 0.2) is 60.7 Å². The van der Waals surface area contributed by atoms with E-state index < -0.39 is 0 Å². The Hall–Kier alpha value is -2.79. The van der Waals surface area contributed by atoms with Crippen molar-refractivity contribution in [1.29, 1.82) is 0 Å². The zero-order chi connectivity index (χ0) is 21.2. The summed E-state index contributed by atoms with van der Waals surface area (Å²) in [6.45, 7) is 4.04. The molecule has 0 spiro atoms. The Morgan fingerprint density at radius 1 is 1.13 bits per heavy atom. The summed E-state index contributed by atoms with van der Waals surface area (Å²) in [6.07, 6.45) is 6.91.